The molecule has 1 aliphatic carbocycles. The number of anilines is 1. The molecule has 1 nitrogen and oxygen atoms in total. The zero-order chi connectivity index (χ0) is 9.10. The van der Waals surface area contributed by atoms with Gasteiger partial charge in [-0.05, 0) is 25.0 Å². The minimum absolute atomic E-state index is 0.545. The summed E-state index contributed by atoms with van der Waals surface area (Å²) >= 11 is 6.25. The Balaban J connectivity index is 2.08. The van der Waals surface area contributed by atoms with Crippen LogP contribution in [0.1, 0.15) is 25.7 Å². The average molecular weight is 196 g/mol. The van der Waals surface area contributed by atoms with Crippen LogP contribution in [0.3, 0.4) is 0 Å². The Labute approximate surface area is 84.4 Å². The van der Waals surface area contributed by atoms with E-state index >= 15 is 0 Å². The highest BCUT2D eigenvalue weighted by molar-refractivity contribution is 6.25. The lowest BCUT2D eigenvalue weighted by molar-refractivity contribution is 0.705. The van der Waals surface area contributed by atoms with E-state index in [4.69, 9.17) is 11.8 Å². The highest BCUT2D eigenvalue weighted by Crippen LogP contribution is 2.29. The fourth-order valence-electron chi connectivity index (χ4n) is 1.91. The monoisotopic (exact) mass is 195 g/mol. The second-order valence-electron chi connectivity index (χ2n) is 3.59. The number of hydrogen-bond donors (Lipinski definition) is 0. The van der Waals surface area contributed by atoms with E-state index in [9.17, 15) is 0 Å². The Morgan fingerprint density at radius 2 is 1.69 bits per heavy atom. The molecule has 2 rings (SSSR count). The predicted molar refractivity (Wildman–Crippen MR) is 57.0 cm³/mol. The van der Waals surface area contributed by atoms with E-state index in [1.165, 1.54) is 25.7 Å². The maximum absolute atomic E-state index is 6.25. The molecular weight excluding hydrogens is 182 g/mol. The molecule has 0 heterocycles. The van der Waals surface area contributed by atoms with Crippen LogP contribution in [0.5, 0.6) is 0 Å². The molecule has 1 aliphatic rings. The van der Waals surface area contributed by atoms with Crippen molar-refractivity contribution in [3.63, 3.8) is 0 Å². The zero-order valence-electron chi connectivity index (χ0n) is 7.62. The van der Waals surface area contributed by atoms with E-state index in [-0.39, 0.29) is 0 Å². The number of rotatable bonds is 2. The van der Waals surface area contributed by atoms with Gasteiger partial charge in [-0.2, -0.15) is 0 Å². The molecule has 1 aromatic rings. The lowest BCUT2D eigenvalue weighted by Crippen LogP contribution is -2.23. The van der Waals surface area contributed by atoms with Gasteiger partial charge in [0, 0.05) is 17.8 Å². The van der Waals surface area contributed by atoms with Crippen LogP contribution in [0, 0.1) is 0 Å². The van der Waals surface area contributed by atoms with E-state index < -0.39 is 0 Å². The van der Waals surface area contributed by atoms with Crippen LogP contribution in [0.15, 0.2) is 30.3 Å². The van der Waals surface area contributed by atoms with Gasteiger partial charge in [-0.3, -0.25) is 4.42 Å². The van der Waals surface area contributed by atoms with Gasteiger partial charge in [-0.15, -0.1) is 0 Å². The predicted octanol–water partition coefficient (Wildman–Crippen LogP) is 3.59. The molecule has 0 radical (unpaired) electrons. The Bertz CT molecular complexity index is 254. The van der Waals surface area contributed by atoms with E-state index in [1.807, 2.05) is 22.6 Å². The smallest absolute Gasteiger partial charge is 0.0526 e. The van der Waals surface area contributed by atoms with Crippen molar-refractivity contribution in [2.45, 2.75) is 31.7 Å². The fraction of sp³-hybridized carbons (Fsp3) is 0.455. The van der Waals surface area contributed by atoms with Crippen molar-refractivity contribution < 1.29 is 0 Å². The maximum Gasteiger partial charge on any atom is 0.0526 e. The molecule has 0 unspecified atom stereocenters. The van der Waals surface area contributed by atoms with Crippen LogP contribution < -0.4 is 4.42 Å². The van der Waals surface area contributed by atoms with Gasteiger partial charge in [0.1, 0.15) is 0 Å². The third kappa shape index (κ3) is 1.97. The molecule has 1 saturated carbocycles. The van der Waals surface area contributed by atoms with Crippen LogP contribution in [0.4, 0.5) is 5.69 Å². The minimum atomic E-state index is 0.545. The molecule has 0 aromatic heterocycles. The highest BCUT2D eigenvalue weighted by atomic mass is 35.5. The van der Waals surface area contributed by atoms with Crippen LogP contribution in [0.25, 0.3) is 0 Å². The molecule has 0 amide bonds. The van der Waals surface area contributed by atoms with Gasteiger partial charge in [0.15, 0.2) is 0 Å². The Morgan fingerprint density at radius 1 is 1.08 bits per heavy atom. The van der Waals surface area contributed by atoms with Crippen LogP contribution >= 0.6 is 11.8 Å². The zero-order valence-corrected chi connectivity index (χ0v) is 8.37. The summed E-state index contributed by atoms with van der Waals surface area (Å²) in [4.78, 5) is 0. The van der Waals surface area contributed by atoms with Crippen molar-refractivity contribution >= 4 is 17.5 Å². The van der Waals surface area contributed by atoms with E-state index in [0.29, 0.717) is 6.04 Å². The van der Waals surface area contributed by atoms with Crippen molar-refractivity contribution in [1.82, 2.24) is 0 Å². The standard InChI is InChI=1S/C11H14ClN/c12-13(11-8-4-5-9-11)10-6-2-1-3-7-10/h1-3,6-7,11H,4-5,8-9H2. The lowest BCUT2D eigenvalue weighted by atomic mass is 10.2. The van der Waals surface area contributed by atoms with Crippen molar-refractivity contribution in [3.05, 3.63) is 30.3 Å². The van der Waals surface area contributed by atoms with E-state index in [0.717, 1.165) is 5.69 Å². The quantitative estimate of drug-likeness (QED) is 0.652. The van der Waals surface area contributed by atoms with Gasteiger partial charge in [-0.25, -0.2) is 0 Å². The molecule has 0 bridgehead atoms. The van der Waals surface area contributed by atoms with Gasteiger partial charge in [0.05, 0.1) is 5.69 Å². The first-order valence-electron chi connectivity index (χ1n) is 4.88. The minimum Gasteiger partial charge on any atom is -0.282 e. The maximum atomic E-state index is 6.25. The molecule has 0 atom stereocenters. The number of para-hydroxylation sites is 1. The SMILES string of the molecule is ClN(c1ccccc1)C1CCCC1. The number of hydrogen-bond acceptors (Lipinski definition) is 1. The van der Waals surface area contributed by atoms with Crippen molar-refractivity contribution in [1.29, 1.82) is 0 Å². The van der Waals surface area contributed by atoms with Gasteiger partial charge in [0.2, 0.25) is 0 Å². The van der Waals surface area contributed by atoms with Crippen molar-refractivity contribution in [2.75, 3.05) is 4.42 Å². The normalized spacial score (nSPS) is 17.6. The fourth-order valence-corrected chi connectivity index (χ4v) is 2.22. The third-order valence-electron chi connectivity index (χ3n) is 2.65. The van der Waals surface area contributed by atoms with Gasteiger partial charge >= 0.3 is 0 Å². The summed E-state index contributed by atoms with van der Waals surface area (Å²) < 4.78 is 1.90. The summed E-state index contributed by atoms with van der Waals surface area (Å²) in [6.07, 6.45) is 5.11. The summed E-state index contributed by atoms with van der Waals surface area (Å²) in [6, 6.07) is 10.7. The molecule has 0 N–H and O–H groups in total. The summed E-state index contributed by atoms with van der Waals surface area (Å²) in [7, 11) is 0. The molecular formula is C11H14ClN. The largest absolute Gasteiger partial charge is 0.282 e. The molecule has 1 aromatic carbocycles. The number of nitrogens with zero attached hydrogens (tertiary/aromatic N) is 1. The first kappa shape index (κ1) is 8.89. The van der Waals surface area contributed by atoms with Crippen LogP contribution in [0.2, 0.25) is 0 Å². The second-order valence-corrected chi connectivity index (χ2v) is 3.95. The van der Waals surface area contributed by atoms with Crippen LogP contribution in [-0.4, -0.2) is 6.04 Å². The van der Waals surface area contributed by atoms with Gasteiger partial charge < -0.3 is 0 Å². The van der Waals surface area contributed by atoms with Crippen molar-refractivity contribution in [3.8, 4) is 0 Å². The second kappa shape index (κ2) is 4.01. The number of halogens is 1. The summed E-state index contributed by atoms with van der Waals surface area (Å²) in [5.74, 6) is 0. The third-order valence-corrected chi connectivity index (χ3v) is 3.12. The first-order chi connectivity index (χ1) is 6.38. The summed E-state index contributed by atoms with van der Waals surface area (Å²) in [6.45, 7) is 0. The van der Waals surface area contributed by atoms with Crippen LogP contribution in [-0.2, 0) is 0 Å². The Hall–Kier alpha value is -0.690. The number of benzene rings is 1. The molecule has 70 valence electrons. The van der Waals surface area contributed by atoms with E-state index in [2.05, 4.69) is 12.1 Å². The topological polar surface area (TPSA) is 3.24 Å². The van der Waals surface area contributed by atoms with Crippen molar-refractivity contribution in [2.24, 2.45) is 0 Å². The van der Waals surface area contributed by atoms with Gasteiger partial charge in [0.25, 0.3) is 0 Å². The highest BCUT2D eigenvalue weighted by Gasteiger charge is 2.21. The summed E-state index contributed by atoms with van der Waals surface area (Å²) in [5.41, 5.74) is 1.12. The Morgan fingerprint density at radius 3 is 2.31 bits per heavy atom. The molecule has 2 heteroatoms. The Kier molecular flexibility index (Phi) is 2.74. The lowest BCUT2D eigenvalue weighted by Gasteiger charge is -2.22. The first-order valence-corrected chi connectivity index (χ1v) is 5.22. The molecule has 13 heavy (non-hydrogen) atoms. The molecule has 1 fully saturated rings. The molecule has 0 saturated heterocycles. The molecule has 0 aliphatic heterocycles. The van der Waals surface area contributed by atoms with E-state index in [1.54, 1.807) is 0 Å². The van der Waals surface area contributed by atoms with Gasteiger partial charge in [-0.1, -0.05) is 31.0 Å². The average Bonchev–Trinajstić information content (AvgIpc) is 2.71. The summed E-state index contributed by atoms with van der Waals surface area (Å²) in [5, 5.41) is 0. The molecule has 0 spiro atoms.